The average Bonchev–Trinajstić information content (AvgIpc) is 2.52. The lowest BCUT2D eigenvalue weighted by Crippen LogP contribution is -1.99. The third-order valence-electron chi connectivity index (χ3n) is 1.48. The van der Waals surface area contributed by atoms with Gasteiger partial charge in [-0.25, -0.2) is 9.97 Å². The van der Waals surface area contributed by atoms with Gasteiger partial charge in [0.05, 0.1) is 0 Å². The van der Waals surface area contributed by atoms with Crippen LogP contribution in [0.25, 0.3) is 5.82 Å². The Bertz CT molecular complexity index is 424. The molecule has 2 aromatic rings. The minimum Gasteiger partial charge on any atom is -0.368 e. The Hall–Kier alpha value is -1.43. The molecule has 2 rings (SSSR count). The molecule has 0 aliphatic heterocycles. The number of imidazole rings is 1. The maximum atomic E-state index is 5.44. The van der Waals surface area contributed by atoms with Gasteiger partial charge >= 0.3 is 0 Å². The van der Waals surface area contributed by atoms with E-state index in [9.17, 15) is 0 Å². The van der Waals surface area contributed by atoms with E-state index in [0.717, 1.165) is 4.60 Å². The van der Waals surface area contributed by atoms with E-state index in [4.69, 9.17) is 5.73 Å². The Morgan fingerprint density at radius 3 is 2.85 bits per heavy atom. The van der Waals surface area contributed by atoms with Crippen molar-refractivity contribution >= 4 is 21.9 Å². The van der Waals surface area contributed by atoms with Gasteiger partial charge < -0.3 is 5.73 Å². The molecule has 0 amide bonds. The highest BCUT2D eigenvalue weighted by Crippen LogP contribution is 2.09. The minimum absolute atomic E-state index is 0.252. The number of aromatic nitrogens is 4. The fraction of sp³-hybridized carbons (Fsp3) is 0. The van der Waals surface area contributed by atoms with Gasteiger partial charge in [0.1, 0.15) is 16.7 Å². The second-order valence-corrected chi connectivity index (χ2v) is 3.19. The fourth-order valence-corrected chi connectivity index (χ4v) is 1.24. The Morgan fingerprint density at radius 1 is 1.38 bits per heavy atom. The first-order valence-electron chi connectivity index (χ1n) is 3.54. The molecule has 0 fully saturated rings. The highest BCUT2D eigenvalue weighted by atomic mass is 79.9. The predicted molar refractivity (Wildman–Crippen MR) is 51.3 cm³/mol. The number of rotatable bonds is 1. The van der Waals surface area contributed by atoms with Crippen LogP contribution in [0.4, 0.5) is 5.95 Å². The van der Waals surface area contributed by atoms with E-state index in [2.05, 4.69) is 30.9 Å². The summed E-state index contributed by atoms with van der Waals surface area (Å²) < 4.78 is 2.51. The topological polar surface area (TPSA) is 69.6 Å². The molecule has 0 aliphatic rings. The van der Waals surface area contributed by atoms with E-state index in [-0.39, 0.29) is 5.95 Å². The zero-order valence-electron chi connectivity index (χ0n) is 6.55. The Morgan fingerprint density at radius 2 is 2.23 bits per heavy atom. The van der Waals surface area contributed by atoms with Crippen LogP contribution in [0.2, 0.25) is 0 Å². The Kier molecular flexibility index (Phi) is 1.97. The zero-order chi connectivity index (χ0) is 9.26. The Labute approximate surface area is 82.8 Å². The standard InChI is InChI=1S/C7H6BrN5/c8-5-3-13(4-11-5)6-1-2-10-7(9)12-6/h1-4H,(H2,9,10,12). The third-order valence-corrected chi connectivity index (χ3v) is 1.88. The van der Waals surface area contributed by atoms with Gasteiger partial charge in [-0.1, -0.05) is 0 Å². The lowest BCUT2D eigenvalue weighted by molar-refractivity contribution is 0.978. The number of halogens is 1. The summed E-state index contributed by atoms with van der Waals surface area (Å²) >= 11 is 3.24. The molecule has 66 valence electrons. The van der Waals surface area contributed by atoms with Crippen LogP contribution in [0.3, 0.4) is 0 Å². The fourth-order valence-electron chi connectivity index (χ4n) is 0.932. The van der Waals surface area contributed by atoms with Crippen LogP contribution < -0.4 is 5.73 Å². The van der Waals surface area contributed by atoms with Crippen molar-refractivity contribution in [3.63, 3.8) is 0 Å². The van der Waals surface area contributed by atoms with Gasteiger partial charge in [0.2, 0.25) is 5.95 Å². The van der Waals surface area contributed by atoms with Crippen LogP contribution in [0.1, 0.15) is 0 Å². The van der Waals surface area contributed by atoms with Crippen molar-refractivity contribution in [1.29, 1.82) is 0 Å². The summed E-state index contributed by atoms with van der Waals surface area (Å²) in [6.07, 6.45) is 5.04. The van der Waals surface area contributed by atoms with E-state index in [1.807, 2.05) is 0 Å². The second-order valence-electron chi connectivity index (χ2n) is 2.38. The van der Waals surface area contributed by atoms with Gasteiger partial charge in [-0.3, -0.25) is 4.57 Å². The summed E-state index contributed by atoms with van der Waals surface area (Å²) in [6, 6.07) is 1.75. The van der Waals surface area contributed by atoms with Crippen LogP contribution in [0.15, 0.2) is 29.4 Å². The quantitative estimate of drug-likeness (QED) is 0.807. The first kappa shape index (κ1) is 8.18. The summed E-state index contributed by atoms with van der Waals surface area (Å²) in [5.74, 6) is 0.952. The normalized spacial score (nSPS) is 10.2. The van der Waals surface area contributed by atoms with Crippen LogP contribution in [0.5, 0.6) is 0 Å². The van der Waals surface area contributed by atoms with E-state index in [1.54, 1.807) is 29.4 Å². The number of nitrogens with two attached hydrogens (primary N) is 1. The third kappa shape index (κ3) is 1.67. The van der Waals surface area contributed by atoms with Crippen molar-refractivity contribution < 1.29 is 0 Å². The largest absolute Gasteiger partial charge is 0.368 e. The molecule has 2 N–H and O–H groups in total. The van der Waals surface area contributed by atoms with Gasteiger partial charge in [-0.15, -0.1) is 0 Å². The van der Waals surface area contributed by atoms with Gasteiger partial charge in [0.25, 0.3) is 0 Å². The molecular formula is C7H6BrN5. The highest BCUT2D eigenvalue weighted by molar-refractivity contribution is 9.10. The van der Waals surface area contributed by atoms with Crippen molar-refractivity contribution in [1.82, 2.24) is 19.5 Å². The number of anilines is 1. The molecule has 0 saturated heterocycles. The lowest BCUT2D eigenvalue weighted by atomic mass is 10.6. The van der Waals surface area contributed by atoms with E-state index in [0.29, 0.717) is 5.82 Å². The summed E-state index contributed by atoms with van der Waals surface area (Å²) in [4.78, 5) is 11.8. The SMILES string of the molecule is Nc1nccc(-n2cnc(Br)c2)n1. The summed E-state index contributed by atoms with van der Waals surface area (Å²) in [5, 5.41) is 0. The molecule has 2 heterocycles. The monoisotopic (exact) mass is 239 g/mol. The van der Waals surface area contributed by atoms with Gasteiger partial charge in [0.15, 0.2) is 0 Å². The molecule has 0 saturated carbocycles. The smallest absolute Gasteiger partial charge is 0.221 e. The molecule has 0 aliphatic carbocycles. The van der Waals surface area contributed by atoms with Crippen LogP contribution in [0, 0.1) is 0 Å². The molecule has 2 aromatic heterocycles. The lowest BCUT2D eigenvalue weighted by Gasteiger charge is -1.99. The number of hydrogen-bond donors (Lipinski definition) is 1. The van der Waals surface area contributed by atoms with Gasteiger partial charge in [0, 0.05) is 12.4 Å². The molecule has 0 spiro atoms. The molecule has 0 radical (unpaired) electrons. The van der Waals surface area contributed by atoms with Crippen LogP contribution in [-0.2, 0) is 0 Å². The molecule has 5 nitrogen and oxygen atoms in total. The van der Waals surface area contributed by atoms with Crippen LogP contribution >= 0.6 is 15.9 Å². The first-order valence-corrected chi connectivity index (χ1v) is 4.33. The molecule has 13 heavy (non-hydrogen) atoms. The number of nitrogen functional groups attached to an aromatic ring is 1. The molecule has 0 aromatic carbocycles. The van der Waals surface area contributed by atoms with Crippen molar-refractivity contribution in [2.75, 3.05) is 5.73 Å². The van der Waals surface area contributed by atoms with E-state index in [1.165, 1.54) is 0 Å². The molecular weight excluding hydrogens is 234 g/mol. The number of hydrogen-bond acceptors (Lipinski definition) is 4. The summed E-state index contributed by atoms with van der Waals surface area (Å²) in [5.41, 5.74) is 5.44. The highest BCUT2D eigenvalue weighted by Gasteiger charge is 1.99. The molecule has 0 unspecified atom stereocenters. The second kappa shape index (κ2) is 3.14. The van der Waals surface area contributed by atoms with E-state index < -0.39 is 0 Å². The summed E-state index contributed by atoms with van der Waals surface area (Å²) in [6.45, 7) is 0. The maximum absolute atomic E-state index is 5.44. The Balaban J connectivity index is 2.46. The minimum atomic E-state index is 0.252. The van der Waals surface area contributed by atoms with Crippen LogP contribution in [-0.4, -0.2) is 19.5 Å². The van der Waals surface area contributed by atoms with Crippen molar-refractivity contribution in [3.05, 3.63) is 29.4 Å². The first-order chi connectivity index (χ1) is 6.25. The molecule has 0 bridgehead atoms. The zero-order valence-corrected chi connectivity index (χ0v) is 8.14. The van der Waals surface area contributed by atoms with Crippen molar-refractivity contribution in [3.8, 4) is 5.82 Å². The average molecular weight is 240 g/mol. The molecule has 6 heteroatoms. The van der Waals surface area contributed by atoms with E-state index >= 15 is 0 Å². The van der Waals surface area contributed by atoms with Gasteiger partial charge in [-0.2, -0.15) is 4.98 Å². The maximum Gasteiger partial charge on any atom is 0.221 e. The number of nitrogens with zero attached hydrogens (tertiary/aromatic N) is 4. The summed E-state index contributed by atoms with van der Waals surface area (Å²) in [7, 11) is 0. The van der Waals surface area contributed by atoms with Crippen molar-refractivity contribution in [2.24, 2.45) is 0 Å². The molecule has 0 atom stereocenters. The van der Waals surface area contributed by atoms with Crippen molar-refractivity contribution in [2.45, 2.75) is 0 Å². The van der Waals surface area contributed by atoms with Gasteiger partial charge in [-0.05, 0) is 22.0 Å². The predicted octanol–water partition coefficient (Wildman–Crippen LogP) is 1.01.